The van der Waals surface area contributed by atoms with Crippen LogP contribution in [0.5, 0.6) is 5.75 Å². The summed E-state index contributed by atoms with van der Waals surface area (Å²) >= 11 is 0. The van der Waals surface area contributed by atoms with Crippen molar-refractivity contribution >= 4 is 5.69 Å². The third-order valence-electron chi connectivity index (χ3n) is 2.86. The van der Waals surface area contributed by atoms with E-state index in [1.165, 1.54) is 0 Å². The number of nitrogens with zero attached hydrogens (tertiary/aromatic N) is 1. The molecule has 2 aromatic rings. The van der Waals surface area contributed by atoms with Gasteiger partial charge in [-0.05, 0) is 18.6 Å². The molecule has 3 N–H and O–H groups in total. The highest BCUT2D eigenvalue weighted by Gasteiger charge is 2.11. The number of hydrogen-bond donors (Lipinski definition) is 2. The van der Waals surface area contributed by atoms with Crippen LogP contribution in [0.3, 0.4) is 0 Å². The maximum absolute atomic E-state index is 12.0. The molecule has 0 amide bonds. The van der Waals surface area contributed by atoms with Crippen LogP contribution < -0.4 is 11.3 Å². The van der Waals surface area contributed by atoms with Crippen LogP contribution in [0.4, 0.5) is 5.69 Å². The average molecular weight is 244 g/mol. The maximum Gasteiger partial charge on any atom is 0.274 e. The lowest BCUT2D eigenvalue weighted by molar-refractivity contribution is 0.477. The smallest absolute Gasteiger partial charge is 0.274 e. The lowest BCUT2D eigenvalue weighted by atomic mass is 10.0. The molecule has 4 nitrogen and oxygen atoms in total. The minimum atomic E-state index is -0.211. The minimum Gasteiger partial charge on any atom is -0.507 e. The van der Waals surface area contributed by atoms with E-state index in [1.54, 1.807) is 41.1 Å². The van der Waals surface area contributed by atoms with Gasteiger partial charge in [0.25, 0.3) is 5.56 Å². The maximum atomic E-state index is 12.0. The Hall–Kier alpha value is -2.23. The number of benzene rings is 1. The highest BCUT2D eigenvalue weighted by molar-refractivity contribution is 5.79. The molecule has 4 heteroatoms. The summed E-state index contributed by atoms with van der Waals surface area (Å²) in [6.45, 7) is 2.64. The molecule has 1 aromatic carbocycles. The predicted octanol–water partition coefficient (Wildman–Crippen LogP) is 2.21. The van der Waals surface area contributed by atoms with Gasteiger partial charge in [-0.1, -0.05) is 25.1 Å². The van der Waals surface area contributed by atoms with Crippen molar-refractivity contribution in [3.63, 3.8) is 0 Å². The molecule has 0 unspecified atom stereocenters. The van der Waals surface area contributed by atoms with E-state index in [0.29, 0.717) is 17.7 Å². The zero-order valence-corrected chi connectivity index (χ0v) is 10.3. The molecular formula is C14H16N2O2. The van der Waals surface area contributed by atoms with Crippen molar-refractivity contribution < 1.29 is 5.11 Å². The number of anilines is 1. The highest BCUT2D eigenvalue weighted by atomic mass is 16.3. The first kappa shape index (κ1) is 12.2. The van der Waals surface area contributed by atoms with Crippen LogP contribution in [-0.2, 0) is 6.54 Å². The van der Waals surface area contributed by atoms with Crippen molar-refractivity contribution in [2.24, 2.45) is 0 Å². The molecule has 0 bridgehead atoms. The standard InChI is InChI=1S/C14H16N2O2/c1-2-8-16-9-7-11(13(15)14(16)18)10-5-3-4-6-12(10)17/h3-7,9,17H,2,8,15H2,1H3. The number of aromatic nitrogens is 1. The van der Waals surface area contributed by atoms with E-state index in [4.69, 9.17) is 5.73 Å². The molecule has 94 valence electrons. The van der Waals surface area contributed by atoms with Gasteiger partial charge >= 0.3 is 0 Å². The van der Waals surface area contributed by atoms with Crippen molar-refractivity contribution in [2.75, 3.05) is 5.73 Å². The number of pyridine rings is 1. The third kappa shape index (κ3) is 2.09. The predicted molar refractivity (Wildman–Crippen MR) is 72.5 cm³/mol. The van der Waals surface area contributed by atoms with E-state index in [1.807, 2.05) is 6.92 Å². The van der Waals surface area contributed by atoms with Crippen molar-refractivity contribution in [3.8, 4) is 16.9 Å². The van der Waals surface area contributed by atoms with Crippen molar-refractivity contribution in [2.45, 2.75) is 19.9 Å². The highest BCUT2D eigenvalue weighted by Crippen LogP contribution is 2.30. The Balaban J connectivity index is 2.58. The summed E-state index contributed by atoms with van der Waals surface area (Å²) in [7, 11) is 0. The number of phenols is 1. The van der Waals surface area contributed by atoms with Crippen LogP contribution in [0, 0.1) is 0 Å². The Bertz CT molecular complexity index is 617. The van der Waals surface area contributed by atoms with Gasteiger partial charge in [0.2, 0.25) is 0 Å². The molecule has 2 rings (SSSR count). The molecule has 0 aliphatic carbocycles. The average Bonchev–Trinajstić information content (AvgIpc) is 2.37. The summed E-state index contributed by atoms with van der Waals surface area (Å²) < 4.78 is 1.58. The summed E-state index contributed by atoms with van der Waals surface area (Å²) in [5, 5.41) is 9.79. The molecule has 0 fully saturated rings. The van der Waals surface area contributed by atoms with Crippen LogP contribution in [0.2, 0.25) is 0 Å². The third-order valence-corrected chi connectivity index (χ3v) is 2.86. The van der Waals surface area contributed by atoms with Gasteiger partial charge < -0.3 is 15.4 Å². The second-order valence-electron chi connectivity index (χ2n) is 4.16. The van der Waals surface area contributed by atoms with Gasteiger partial charge in [0.15, 0.2) is 0 Å². The van der Waals surface area contributed by atoms with Gasteiger partial charge in [-0.2, -0.15) is 0 Å². The zero-order valence-electron chi connectivity index (χ0n) is 10.3. The molecule has 1 aromatic heterocycles. The first-order chi connectivity index (χ1) is 8.65. The number of aromatic hydroxyl groups is 1. The molecule has 0 saturated heterocycles. The molecule has 0 aliphatic rings. The molecule has 0 atom stereocenters. The van der Waals surface area contributed by atoms with Crippen LogP contribution >= 0.6 is 0 Å². The normalized spacial score (nSPS) is 10.5. The summed E-state index contributed by atoms with van der Waals surface area (Å²) in [6, 6.07) is 8.61. The quantitative estimate of drug-likeness (QED) is 0.869. The number of nitrogen functional groups attached to an aromatic ring is 1. The largest absolute Gasteiger partial charge is 0.507 e. The number of aryl methyl sites for hydroxylation is 1. The summed E-state index contributed by atoms with van der Waals surface area (Å²) in [6.07, 6.45) is 2.58. The van der Waals surface area contributed by atoms with E-state index < -0.39 is 0 Å². The molecule has 0 radical (unpaired) electrons. The van der Waals surface area contributed by atoms with E-state index in [0.717, 1.165) is 6.42 Å². The SMILES string of the molecule is CCCn1ccc(-c2ccccc2O)c(N)c1=O. The van der Waals surface area contributed by atoms with Gasteiger partial charge in [-0.15, -0.1) is 0 Å². The summed E-state index contributed by atoms with van der Waals surface area (Å²) in [4.78, 5) is 12.0. The van der Waals surface area contributed by atoms with Gasteiger partial charge in [-0.25, -0.2) is 0 Å². The molecule has 1 heterocycles. The Morgan fingerprint density at radius 1 is 1.22 bits per heavy atom. The van der Waals surface area contributed by atoms with Crippen LogP contribution in [0.1, 0.15) is 13.3 Å². The van der Waals surface area contributed by atoms with E-state index in [2.05, 4.69) is 0 Å². The van der Waals surface area contributed by atoms with E-state index in [9.17, 15) is 9.90 Å². The Kier molecular flexibility index (Phi) is 3.37. The van der Waals surface area contributed by atoms with Gasteiger partial charge in [-0.3, -0.25) is 4.79 Å². The molecule has 0 spiro atoms. The van der Waals surface area contributed by atoms with Gasteiger partial charge in [0.05, 0.1) is 0 Å². The number of para-hydroxylation sites is 1. The zero-order chi connectivity index (χ0) is 13.1. The molecular weight excluding hydrogens is 228 g/mol. The van der Waals surface area contributed by atoms with Crippen LogP contribution in [0.25, 0.3) is 11.1 Å². The Morgan fingerprint density at radius 2 is 1.94 bits per heavy atom. The first-order valence-corrected chi connectivity index (χ1v) is 5.92. The van der Waals surface area contributed by atoms with Crippen molar-refractivity contribution in [3.05, 3.63) is 46.9 Å². The molecule has 0 aliphatic heterocycles. The van der Waals surface area contributed by atoms with Crippen molar-refractivity contribution in [1.82, 2.24) is 4.57 Å². The fourth-order valence-corrected chi connectivity index (χ4v) is 1.95. The fourth-order valence-electron chi connectivity index (χ4n) is 1.95. The van der Waals surface area contributed by atoms with Crippen LogP contribution in [0.15, 0.2) is 41.3 Å². The van der Waals surface area contributed by atoms with Gasteiger partial charge in [0, 0.05) is 23.9 Å². The number of nitrogens with two attached hydrogens (primary N) is 1. The summed E-state index contributed by atoms with van der Waals surface area (Å²) in [5.74, 6) is 0.122. The van der Waals surface area contributed by atoms with E-state index >= 15 is 0 Å². The Labute approximate surface area is 105 Å². The monoisotopic (exact) mass is 244 g/mol. The van der Waals surface area contributed by atoms with Crippen LogP contribution in [-0.4, -0.2) is 9.67 Å². The topological polar surface area (TPSA) is 68.2 Å². The first-order valence-electron chi connectivity index (χ1n) is 5.92. The lowest BCUT2D eigenvalue weighted by Crippen LogP contribution is -2.22. The second-order valence-corrected chi connectivity index (χ2v) is 4.16. The number of phenolic OH excluding ortho intramolecular Hbond substituents is 1. The molecule has 0 saturated carbocycles. The minimum absolute atomic E-state index is 0.122. The van der Waals surface area contributed by atoms with Crippen molar-refractivity contribution in [1.29, 1.82) is 0 Å². The number of hydrogen-bond acceptors (Lipinski definition) is 3. The second kappa shape index (κ2) is 4.96. The van der Waals surface area contributed by atoms with E-state index in [-0.39, 0.29) is 17.0 Å². The summed E-state index contributed by atoms with van der Waals surface area (Å²) in [5.41, 5.74) is 6.99. The lowest BCUT2D eigenvalue weighted by Gasteiger charge is -2.10. The molecule has 18 heavy (non-hydrogen) atoms. The van der Waals surface area contributed by atoms with Gasteiger partial charge in [0.1, 0.15) is 11.4 Å². The Morgan fingerprint density at radius 3 is 2.61 bits per heavy atom. The fraction of sp³-hybridized carbons (Fsp3) is 0.214. The number of rotatable bonds is 3.